The number of aromatic nitrogens is 6. The summed E-state index contributed by atoms with van der Waals surface area (Å²) in [6, 6.07) is 34.2. The molecule has 12 heterocycles. The fourth-order valence-corrected chi connectivity index (χ4v) is 21.2. The number of imidazole rings is 1. The first kappa shape index (κ1) is 116. The van der Waals surface area contributed by atoms with Crippen LogP contribution in [0.3, 0.4) is 0 Å². The van der Waals surface area contributed by atoms with Crippen molar-refractivity contribution in [3.8, 4) is 12.1 Å². The molecule has 2 amide bonds. The highest BCUT2D eigenvalue weighted by Crippen LogP contribution is 2.42. The van der Waals surface area contributed by atoms with E-state index in [0.717, 1.165) is 174 Å². The Balaban J connectivity index is 0.000000195. The van der Waals surface area contributed by atoms with Crippen LogP contribution < -0.4 is 0 Å². The smallest absolute Gasteiger partial charge is 0.253 e. The second-order valence-electron chi connectivity index (χ2n) is 50.8. The number of nitriles is 2. The van der Waals surface area contributed by atoms with Crippen molar-refractivity contribution in [2.75, 3.05) is 125 Å². The molecule has 0 aliphatic carbocycles. The van der Waals surface area contributed by atoms with Gasteiger partial charge in [0.05, 0.1) is 49.1 Å². The SMILES string of the molecule is CC(C)(C)C1CCCN(Cc2ccc(C#N)cc2)C1.CC(C)(C)C1CCCN(Cc2ccccc2C#N)C1.CC(C)(C)C1CCCN(Cc2cccnc2)C1.CC(C)(C)C1CCCN(Cc2cncnc2)C1.CC(C)(C)C1CCCN(Cc2ncco2)C1.CC(C)(C)C1CCN(C(=O)c2ccccc2)CC1.CN(C)CC(=O)N1CCC(C(C)(C)C)CC1.Cn1ccnc1CN1CCCC(C(C)(C)C)C1. The monoisotopic (exact) mass is 1910 g/mol. The van der Waals surface area contributed by atoms with E-state index in [9.17, 15) is 9.59 Å². The Bertz CT molecular complexity index is 4610. The van der Waals surface area contributed by atoms with Crippen LogP contribution in [0.4, 0.5) is 0 Å². The van der Waals surface area contributed by atoms with Gasteiger partial charge in [0, 0.05) is 147 Å². The van der Waals surface area contributed by atoms with Crippen molar-refractivity contribution in [3.63, 3.8) is 0 Å². The van der Waals surface area contributed by atoms with Crippen molar-refractivity contribution in [2.24, 2.45) is 97.7 Å². The number of nitrogens with zero attached hydrogens (tertiary/aromatic N) is 17. The summed E-state index contributed by atoms with van der Waals surface area (Å²) in [5.74, 6) is 8.76. The molecule has 0 bridgehead atoms. The number of aryl methyl sites for hydroxylation is 1. The lowest BCUT2D eigenvalue weighted by molar-refractivity contribution is -0.133. The van der Waals surface area contributed by atoms with Crippen molar-refractivity contribution in [3.05, 3.63) is 198 Å². The van der Waals surface area contributed by atoms with E-state index in [1.54, 1.807) is 18.8 Å². The highest BCUT2D eigenvalue weighted by atomic mass is 16.3. The second-order valence-corrected chi connectivity index (χ2v) is 50.8. The van der Waals surface area contributed by atoms with Crippen LogP contribution in [-0.2, 0) is 51.1 Å². The van der Waals surface area contributed by atoms with Gasteiger partial charge >= 0.3 is 0 Å². The Kier molecular flexibility index (Phi) is 46.1. The van der Waals surface area contributed by atoms with E-state index in [4.69, 9.17) is 14.9 Å². The molecule has 4 aromatic heterocycles. The maximum atomic E-state index is 12.3. The van der Waals surface area contributed by atoms with Crippen molar-refractivity contribution in [2.45, 2.75) is 308 Å². The number of likely N-dealkylation sites (N-methyl/N-ethyl adjacent to an activating group) is 1. The fourth-order valence-electron chi connectivity index (χ4n) is 21.2. The van der Waals surface area contributed by atoms with Crippen LogP contribution >= 0.6 is 0 Å². The van der Waals surface area contributed by atoms with Crippen LogP contribution in [0.5, 0.6) is 0 Å². The molecule has 8 saturated heterocycles. The van der Waals surface area contributed by atoms with Crippen LogP contribution in [0.15, 0.2) is 151 Å². The van der Waals surface area contributed by atoms with E-state index >= 15 is 0 Å². The van der Waals surface area contributed by atoms with E-state index in [0.29, 0.717) is 49.9 Å². The van der Waals surface area contributed by atoms with E-state index in [2.05, 4.69) is 269 Å². The summed E-state index contributed by atoms with van der Waals surface area (Å²) in [6.07, 6.45) is 37.1. The number of carbonyl (C=O) groups excluding carboxylic acids is 2. The van der Waals surface area contributed by atoms with Gasteiger partial charge in [0.15, 0.2) is 0 Å². The first-order valence-electron chi connectivity index (χ1n) is 53.5. The van der Waals surface area contributed by atoms with Crippen LogP contribution in [0.2, 0.25) is 0 Å². The fraction of sp³-hybridized carbons (Fsp3) is 0.689. The molecule has 770 valence electrons. The zero-order valence-corrected chi connectivity index (χ0v) is 92.4. The van der Waals surface area contributed by atoms with Gasteiger partial charge in [-0.05, 0) is 300 Å². The topological polar surface area (TPSA) is 193 Å². The van der Waals surface area contributed by atoms with Gasteiger partial charge in [0.1, 0.15) is 18.4 Å². The minimum Gasteiger partial charge on any atom is -0.448 e. The Morgan fingerprint density at radius 3 is 1.13 bits per heavy atom. The van der Waals surface area contributed by atoms with Crippen LogP contribution in [-0.4, -0.2) is 211 Å². The molecule has 0 radical (unpaired) electrons. The van der Waals surface area contributed by atoms with Crippen molar-refractivity contribution in [1.29, 1.82) is 10.5 Å². The molecule has 6 unspecified atom stereocenters. The number of rotatable bonds is 15. The molecule has 3 aromatic carbocycles. The first-order valence-corrected chi connectivity index (χ1v) is 53.5. The second kappa shape index (κ2) is 55.1. The lowest BCUT2D eigenvalue weighted by atomic mass is 9.75. The summed E-state index contributed by atoms with van der Waals surface area (Å²) in [6.45, 7) is 80.6. The summed E-state index contributed by atoms with van der Waals surface area (Å²) in [4.78, 5) is 66.3. The molecule has 8 fully saturated rings. The molecule has 0 N–H and O–H groups in total. The molecule has 8 aliphatic heterocycles. The highest BCUT2D eigenvalue weighted by molar-refractivity contribution is 5.94. The highest BCUT2D eigenvalue weighted by Gasteiger charge is 2.38. The molecule has 0 spiro atoms. The number of piperidine rings is 8. The first-order chi connectivity index (χ1) is 65.4. The predicted molar refractivity (Wildman–Crippen MR) is 575 cm³/mol. The van der Waals surface area contributed by atoms with Crippen molar-refractivity contribution >= 4 is 11.8 Å². The Morgan fingerprint density at radius 1 is 0.374 bits per heavy atom. The van der Waals surface area contributed by atoms with Gasteiger partial charge in [0.2, 0.25) is 11.8 Å². The van der Waals surface area contributed by atoms with Gasteiger partial charge in [-0.15, -0.1) is 0 Å². The lowest BCUT2D eigenvalue weighted by Crippen LogP contribution is -2.44. The number of likely N-dealkylation sites (tertiary alicyclic amines) is 8. The van der Waals surface area contributed by atoms with E-state index in [-0.39, 0.29) is 11.8 Å². The molecular formula is C119H191N17O3. The zero-order valence-electron chi connectivity index (χ0n) is 92.4. The standard InChI is InChI=1S/2C17H24N2.C16H23NO.C15H24N2.C14H25N3.C14H23N3.C13H22N2O.C13H26N2O/c1-17(2,3)16-5-4-10-19(13-16)12-15-8-6-14(11-18)7-9-15;1-17(2,3)16-9-6-10-19(13-16)12-15-8-5-4-7-14(15)11-18;1-16(2,3)14-9-11-17(12-10-14)15(18)13-7-5-4-6-8-13;1-15(2,3)14-7-5-9-17(12-14)11-13-6-4-8-16-10-13;1-14(2,3)12-6-5-8-17(10-12)11-13-15-7-9-16(13)4;1-14(2,3)13-5-4-6-17(10-13)9-12-7-15-11-16-8-12;1-13(2,3)11-5-4-7-15(9-11)10-12-14-6-8-16-12;1-13(2,3)11-6-8-15(9-7-11)12(16)10-14(4)5/h6-9,16H,4-5,10,12-13H2,1-3H3;4-5,7-8,16H,6,9-10,12-13H2,1-3H3;4-8,14H,9-12H2,1-3H3;4,6,8,10,14H,5,7,9,11-12H2,1-3H3;7,9,12H,5-6,8,10-11H2,1-4H3;7-8,11,13H,4-6,9-10H2,1-3H3;6,8,11H,4-5,7,9-10H2,1-3H3;11H,6-10H2,1-5H3. The molecule has 15 rings (SSSR count). The average molecular weight is 1910 g/mol. The average Bonchev–Trinajstić information content (AvgIpc) is 1.42. The molecular weight excluding hydrogens is 1720 g/mol. The quantitative estimate of drug-likeness (QED) is 0.0940. The minimum atomic E-state index is 0.183. The molecule has 6 atom stereocenters. The number of oxazole rings is 1. The van der Waals surface area contributed by atoms with E-state index in [1.807, 2.05) is 133 Å². The number of pyridine rings is 1. The Hall–Kier alpha value is -8.05. The van der Waals surface area contributed by atoms with E-state index in [1.165, 1.54) is 171 Å². The number of carbonyl (C=O) groups is 2. The molecule has 7 aromatic rings. The van der Waals surface area contributed by atoms with E-state index < -0.39 is 0 Å². The van der Waals surface area contributed by atoms with Gasteiger partial charge in [-0.2, -0.15) is 10.5 Å². The number of hydrogen-bond donors (Lipinski definition) is 0. The van der Waals surface area contributed by atoms with Gasteiger partial charge in [0.25, 0.3) is 5.91 Å². The number of hydrogen-bond acceptors (Lipinski definition) is 17. The summed E-state index contributed by atoms with van der Waals surface area (Å²) in [7, 11) is 5.97. The molecule has 8 aliphatic rings. The van der Waals surface area contributed by atoms with Crippen LogP contribution in [0.25, 0.3) is 0 Å². The Morgan fingerprint density at radius 2 is 0.755 bits per heavy atom. The van der Waals surface area contributed by atoms with Crippen molar-refractivity contribution < 1.29 is 14.0 Å². The van der Waals surface area contributed by atoms with Gasteiger partial charge in [-0.1, -0.05) is 221 Å². The molecule has 139 heavy (non-hydrogen) atoms. The number of amides is 2. The summed E-state index contributed by atoms with van der Waals surface area (Å²) in [5, 5.41) is 18.0. The third-order valence-electron chi connectivity index (χ3n) is 31.2. The molecule has 0 saturated carbocycles. The lowest BCUT2D eigenvalue weighted by Gasteiger charge is -2.39. The molecule has 20 heteroatoms. The molecule has 20 nitrogen and oxygen atoms in total. The van der Waals surface area contributed by atoms with Gasteiger partial charge < -0.3 is 23.7 Å². The minimum absolute atomic E-state index is 0.183. The van der Waals surface area contributed by atoms with Crippen molar-refractivity contribution in [1.82, 2.24) is 73.6 Å². The zero-order chi connectivity index (χ0) is 102. The van der Waals surface area contributed by atoms with Crippen LogP contribution in [0.1, 0.15) is 324 Å². The maximum absolute atomic E-state index is 12.3. The summed E-state index contributed by atoms with van der Waals surface area (Å²) in [5.41, 5.74) is 10.7. The van der Waals surface area contributed by atoms with Gasteiger partial charge in [-0.25, -0.2) is 19.9 Å². The number of benzene rings is 3. The van der Waals surface area contributed by atoms with Crippen LogP contribution in [0, 0.1) is 113 Å². The Labute approximate surface area is 845 Å². The van der Waals surface area contributed by atoms with Gasteiger partial charge in [-0.3, -0.25) is 44.0 Å². The normalized spacial score (nSPS) is 21.3. The summed E-state index contributed by atoms with van der Waals surface area (Å²) >= 11 is 0. The third-order valence-corrected chi connectivity index (χ3v) is 31.2. The maximum Gasteiger partial charge on any atom is 0.253 e. The predicted octanol–water partition coefficient (Wildman–Crippen LogP) is 24.7. The summed E-state index contributed by atoms with van der Waals surface area (Å²) < 4.78 is 7.43. The third kappa shape index (κ3) is 41.7. The largest absolute Gasteiger partial charge is 0.448 e.